The highest BCUT2D eigenvalue weighted by molar-refractivity contribution is 5.88. The normalized spacial score (nSPS) is 22.6. The summed E-state index contributed by atoms with van der Waals surface area (Å²) in [6.07, 6.45) is 2.42. The second-order valence-corrected chi connectivity index (χ2v) is 7.09. The van der Waals surface area contributed by atoms with Crippen molar-refractivity contribution in [2.75, 3.05) is 7.11 Å². The number of aliphatic hydroxyl groups is 1. The number of Topliss-reactive ketones (excluding diaryl/α,β-unsaturated/α-hetero) is 1. The highest BCUT2D eigenvalue weighted by Crippen LogP contribution is 2.36. The summed E-state index contributed by atoms with van der Waals surface area (Å²) in [6.45, 7) is 5.33. The number of phenolic OH excluding ortho intramolecular Hbond substituents is 1. The molecule has 0 radical (unpaired) electrons. The first-order chi connectivity index (χ1) is 12.2. The second kappa shape index (κ2) is 7.91. The maximum atomic E-state index is 11.7. The van der Waals surface area contributed by atoms with E-state index in [1.807, 2.05) is 13.0 Å². The van der Waals surface area contributed by atoms with E-state index < -0.39 is 23.5 Å². The monoisotopic (exact) mass is 362 g/mol. The van der Waals surface area contributed by atoms with Crippen LogP contribution in [0.25, 0.3) is 0 Å². The largest absolute Gasteiger partial charge is 0.504 e. The summed E-state index contributed by atoms with van der Waals surface area (Å²) in [6, 6.07) is 5.21. The molecule has 6 nitrogen and oxygen atoms in total. The third-order valence-corrected chi connectivity index (χ3v) is 5.05. The molecule has 0 aliphatic carbocycles. The number of hydrogen-bond donors (Lipinski definition) is 2. The van der Waals surface area contributed by atoms with Crippen LogP contribution in [0, 0.1) is 11.8 Å². The van der Waals surface area contributed by atoms with Crippen LogP contribution in [0.3, 0.4) is 0 Å². The molecule has 26 heavy (non-hydrogen) atoms. The topological polar surface area (TPSA) is 93.1 Å². The van der Waals surface area contributed by atoms with Crippen LogP contribution >= 0.6 is 0 Å². The number of rotatable bonds is 8. The molecule has 2 rings (SSSR count). The summed E-state index contributed by atoms with van der Waals surface area (Å²) >= 11 is 0. The Kier molecular flexibility index (Phi) is 6.08. The zero-order valence-electron chi connectivity index (χ0n) is 15.6. The number of hydrogen-bond acceptors (Lipinski definition) is 6. The SMILES string of the molecule is COc1cc(CC(C)C(C)CC2(C(O)C(C)=O)C=CC(=O)O2)ccc1O. The minimum absolute atomic E-state index is 0.0550. The van der Waals surface area contributed by atoms with Crippen LogP contribution in [-0.2, 0) is 20.7 Å². The highest BCUT2D eigenvalue weighted by atomic mass is 16.6. The predicted molar refractivity (Wildman–Crippen MR) is 96.0 cm³/mol. The summed E-state index contributed by atoms with van der Waals surface area (Å²) in [5.74, 6) is -0.254. The number of cyclic esters (lactones) is 1. The Bertz CT molecular complexity index is 710. The van der Waals surface area contributed by atoms with Gasteiger partial charge in [-0.25, -0.2) is 4.79 Å². The van der Waals surface area contributed by atoms with Gasteiger partial charge < -0.3 is 19.7 Å². The fourth-order valence-electron chi connectivity index (χ4n) is 3.30. The molecule has 1 aromatic carbocycles. The zero-order valence-corrected chi connectivity index (χ0v) is 15.6. The minimum Gasteiger partial charge on any atom is -0.504 e. The van der Waals surface area contributed by atoms with Crippen LogP contribution in [0.15, 0.2) is 30.4 Å². The van der Waals surface area contributed by atoms with Crippen LogP contribution in [0.4, 0.5) is 0 Å². The van der Waals surface area contributed by atoms with Gasteiger partial charge in [0.05, 0.1) is 7.11 Å². The number of carbonyl (C=O) groups excluding carboxylic acids is 2. The molecule has 0 aromatic heterocycles. The number of phenols is 1. The quantitative estimate of drug-likeness (QED) is 0.690. The molecule has 1 heterocycles. The molecule has 0 amide bonds. The molecule has 1 aliphatic rings. The van der Waals surface area contributed by atoms with Gasteiger partial charge in [-0.05, 0) is 55.4 Å². The number of aliphatic hydroxyl groups excluding tert-OH is 1. The summed E-state index contributed by atoms with van der Waals surface area (Å²) in [4.78, 5) is 23.2. The highest BCUT2D eigenvalue weighted by Gasteiger charge is 2.46. The van der Waals surface area contributed by atoms with E-state index in [-0.39, 0.29) is 17.6 Å². The van der Waals surface area contributed by atoms with Gasteiger partial charge in [-0.3, -0.25) is 4.79 Å². The van der Waals surface area contributed by atoms with E-state index in [9.17, 15) is 19.8 Å². The van der Waals surface area contributed by atoms with Crippen molar-refractivity contribution in [3.63, 3.8) is 0 Å². The average molecular weight is 362 g/mol. The van der Waals surface area contributed by atoms with E-state index >= 15 is 0 Å². The molecular formula is C20H26O6. The Hall–Kier alpha value is -2.34. The van der Waals surface area contributed by atoms with Crippen LogP contribution in [0.1, 0.15) is 32.8 Å². The van der Waals surface area contributed by atoms with Gasteiger partial charge in [0.1, 0.15) is 0 Å². The predicted octanol–water partition coefficient (Wildman–Crippen LogP) is 2.41. The van der Waals surface area contributed by atoms with E-state index in [0.29, 0.717) is 18.6 Å². The van der Waals surface area contributed by atoms with Crippen LogP contribution in [0.5, 0.6) is 11.5 Å². The smallest absolute Gasteiger partial charge is 0.331 e. The first-order valence-electron chi connectivity index (χ1n) is 8.65. The third kappa shape index (κ3) is 4.25. The second-order valence-electron chi connectivity index (χ2n) is 7.09. The molecular weight excluding hydrogens is 336 g/mol. The molecule has 0 saturated carbocycles. The molecule has 0 saturated heterocycles. The van der Waals surface area contributed by atoms with Gasteiger partial charge in [-0.2, -0.15) is 0 Å². The fourth-order valence-corrected chi connectivity index (χ4v) is 3.30. The standard InChI is InChI=1S/C20H26O6/c1-12(9-15-5-6-16(22)17(10-15)25-4)13(2)11-20(19(24)14(3)21)8-7-18(23)26-20/h5-8,10,12-13,19,22,24H,9,11H2,1-4H3. The first-order valence-corrected chi connectivity index (χ1v) is 8.65. The Balaban J connectivity index is 2.11. The molecule has 142 valence electrons. The third-order valence-electron chi connectivity index (χ3n) is 5.05. The maximum Gasteiger partial charge on any atom is 0.331 e. The van der Waals surface area contributed by atoms with Crippen molar-refractivity contribution in [3.05, 3.63) is 35.9 Å². The lowest BCUT2D eigenvalue weighted by molar-refractivity contribution is -0.161. The number of methoxy groups -OCH3 is 1. The molecule has 0 bridgehead atoms. The lowest BCUT2D eigenvalue weighted by Gasteiger charge is -2.34. The Labute approximate surface area is 153 Å². The van der Waals surface area contributed by atoms with Gasteiger partial charge in [-0.1, -0.05) is 19.9 Å². The van der Waals surface area contributed by atoms with Crippen molar-refractivity contribution in [3.8, 4) is 11.5 Å². The number of ether oxygens (including phenoxy) is 2. The number of esters is 1. The molecule has 1 aromatic rings. The van der Waals surface area contributed by atoms with E-state index in [1.165, 1.54) is 26.2 Å². The number of ketones is 1. The van der Waals surface area contributed by atoms with Crippen LogP contribution in [-0.4, -0.2) is 40.8 Å². The van der Waals surface area contributed by atoms with Gasteiger partial charge >= 0.3 is 5.97 Å². The van der Waals surface area contributed by atoms with Gasteiger partial charge in [0.2, 0.25) is 0 Å². The molecule has 4 unspecified atom stereocenters. The summed E-state index contributed by atoms with van der Waals surface area (Å²) in [5.41, 5.74) is -0.303. The van der Waals surface area contributed by atoms with Gasteiger partial charge in [0, 0.05) is 6.08 Å². The van der Waals surface area contributed by atoms with Crippen molar-refractivity contribution < 1.29 is 29.3 Å². The zero-order chi connectivity index (χ0) is 19.5. The molecule has 2 N–H and O–H groups in total. The molecule has 4 atom stereocenters. The van der Waals surface area contributed by atoms with E-state index in [2.05, 4.69) is 6.92 Å². The minimum atomic E-state index is -1.38. The van der Waals surface area contributed by atoms with Crippen molar-refractivity contribution >= 4 is 11.8 Å². The number of aromatic hydroxyl groups is 1. The van der Waals surface area contributed by atoms with Crippen molar-refractivity contribution in [1.29, 1.82) is 0 Å². The molecule has 0 spiro atoms. The van der Waals surface area contributed by atoms with Gasteiger partial charge in [0.25, 0.3) is 0 Å². The molecule has 1 aliphatic heterocycles. The molecule has 6 heteroatoms. The summed E-state index contributed by atoms with van der Waals surface area (Å²) in [5, 5.41) is 20.0. The Morgan fingerprint density at radius 1 is 1.31 bits per heavy atom. The lowest BCUT2D eigenvalue weighted by Crippen LogP contribution is -2.47. The number of carbonyl (C=O) groups is 2. The van der Waals surface area contributed by atoms with E-state index in [0.717, 1.165) is 5.56 Å². The molecule has 0 fully saturated rings. The van der Waals surface area contributed by atoms with Crippen LogP contribution < -0.4 is 4.74 Å². The lowest BCUT2D eigenvalue weighted by atomic mass is 9.78. The van der Waals surface area contributed by atoms with Crippen LogP contribution in [0.2, 0.25) is 0 Å². The van der Waals surface area contributed by atoms with E-state index in [4.69, 9.17) is 9.47 Å². The summed E-state index contributed by atoms with van der Waals surface area (Å²) in [7, 11) is 1.50. The Morgan fingerprint density at radius 2 is 2.00 bits per heavy atom. The van der Waals surface area contributed by atoms with Crippen molar-refractivity contribution in [1.82, 2.24) is 0 Å². The van der Waals surface area contributed by atoms with Gasteiger partial charge in [-0.15, -0.1) is 0 Å². The van der Waals surface area contributed by atoms with E-state index in [1.54, 1.807) is 12.1 Å². The van der Waals surface area contributed by atoms with Crippen molar-refractivity contribution in [2.45, 2.75) is 45.3 Å². The first kappa shape index (κ1) is 20.0. The Morgan fingerprint density at radius 3 is 2.54 bits per heavy atom. The summed E-state index contributed by atoms with van der Waals surface area (Å²) < 4.78 is 10.5. The number of benzene rings is 1. The average Bonchev–Trinajstić information content (AvgIpc) is 2.97. The van der Waals surface area contributed by atoms with Crippen molar-refractivity contribution in [2.24, 2.45) is 11.8 Å². The fraction of sp³-hybridized carbons (Fsp3) is 0.500. The van der Waals surface area contributed by atoms with Gasteiger partial charge in [0.15, 0.2) is 29.0 Å². The maximum absolute atomic E-state index is 11.7.